The molecule has 2 fully saturated rings. The molecule has 0 unspecified atom stereocenters. The molecule has 0 aromatic heterocycles. The maximum atomic E-state index is 3.55. The van der Waals surface area contributed by atoms with E-state index in [0.29, 0.717) is 0 Å². The predicted octanol–water partition coefficient (Wildman–Crippen LogP) is 2.74. The van der Waals surface area contributed by atoms with Gasteiger partial charge in [0.2, 0.25) is 0 Å². The van der Waals surface area contributed by atoms with Gasteiger partial charge in [-0.2, -0.15) is 0 Å². The molecule has 2 aliphatic rings. The van der Waals surface area contributed by atoms with Crippen molar-refractivity contribution in [2.45, 2.75) is 52.5 Å². The summed E-state index contributed by atoms with van der Waals surface area (Å²) in [4.78, 5) is 2.77. The number of piperazine rings is 1. The van der Waals surface area contributed by atoms with Gasteiger partial charge >= 0.3 is 0 Å². The normalized spacial score (nSPS) is 36.4. The van der Waals surface area contributed by atoms with E-state index >= 15 is 0 Å². The first kappa shape index (κ1) is 13.4. The number of rotatable bonds is 3. The van der Waals surface area contributed by atoms with Crippen LogP contribution in [-0.2, 0) is 0 Å². The third kappa shape index (κ3) is 3.69. The molecule has 17 heavy (non-hydrogen) atoms. The van der Waals surface area contributed by atoms with Crippen molar-refractivity contribution in [3.8, 4) is 0 Å². The van der Waals surface area contributed by atoms with Gasteiger partial charge in [-0.05, 0) is 30.6 Å². The highest BCUT2D eigenvalue weighted by molar-refractivity contribution is 4.84. The van der Waals surface area contributed by atoms with E-state index < -0.39 is 0 Å². The van der Waals surface area contributed by atoms with Crippen molar-refractivity contribution in [2.75, 3.05) is 26.2 Å². The molecule has 1 atom stereocenters. The van der Waals surface area contributed by atoms with Crippen LogP contribution in [0.25, 0.3) is 0 Å². The fraction of sp³-hybridized carbons (Fsp3) is 1.00. The minimum atomic E-state index is 0.767. The summed E-state index contributed by atoms with van der Waals surface area (Å²) >= 11 is 0. The molecule has 1 saturated carbocycles. The van der Waals surface area contributed by atoms with E-state index in [1.807, 2.05) is 0 Å². The van der Waals surface area contributed by atoms with E-state index in [1.165, 1.54) is 51.9 Å². The van der Waals surface area contributed by atoms with Gasteiger partial charge in [0.1, 0.15) is 0 Å². The summed E-state index contributed by atoms with van der Waals surface area (Å²) in [5.74, 6) is 2.74. The molecule has 0 aromatic carbocycles. The molecule has 0 bridgehead atoms. The Morgan fingerprint density at radius 2 is 1.88 bits per heavy atom. The maximum Gasteiger partial charge on any atom is 0.0244 e. The van der Waals surface area contributed by atoms with E-state index in [1.54, 1.807) is 0 Å². The molecule has 1 heterocycles. The lowest BCUT2D eigenvalue weighted by atomic mass is 9.82. The molecule has 2 nitrogen and oxygen atoms in total. The lowest BCUT2D eigenvalue weighted by Crippen LogP contribution is -2.54. The first-order valence-electron chi connectivity index (χ1n) is 7.61. The van der Waals surface area contributed by atoms with E-state index in [9.17, 15) is 0 Å². The average Bonchev–Trinajstić information content (AvgIpc) is 2.32. The minimum Gasteiger partial charge on any atom is -0.314 e. The molecule has 2 rings (SSSR count). The Hall–Kier alpha value is -0.0800. The smallest absolute Gasteiger partial charge is 0.0244 e. The van der Waals surface area contributed by atoms with Gasteiger partial charge in [0, 0.05) is 32.2 Å². The molecule has 100 valence electrons. The van der Waals surface area contributed by atoms with Crippen molar-refractivity contribution >= 4 is 0 Å². The fourth-order valence-corrected chi connectivity index (χ4v) is 3.49. The zero-order valence-electron chi connectivity index (χ0n) is 11.9. The molecule has 1 aliphatic heterocycles. The van der Waals surface area contributed by atoms with Crippen molar-refractivity contribution in [3.05, 3.63) is 0 Å². The Kier molecular flexibility index (Phi) is 4.87. The molecule has 1 saturated heterocycles. The van der Waals surface area contributed by atoms with E-state index in [2.05, 4.69) is 31.0 Å². The van der Waals surface area contributed by atoms with E-state index in [4.69, 9.17) is 0 Å². The Morgan fingerprint density at radius 3 is 2.53 bits per heavy atom. The lowest BCUT2D eigenvalue weighted by Gasteiger charge is -2.41. The average molecular weight is 238 g/mol. The van der Waals surface area contributed by atoms with Crippen LogP contribution in [-0.4, -0.2) is 37.1 Å². The van der Waals surface area contributed by atoms with E-state index in [0.717, 1.165) is 23.8 Å². The molecular weight excluding hydrogens is 208 g/mol. The molecule has 1 N–H and O–H groups in total. The van der Waals surface area contributed by atoms with Crippen LogP contribution < -0.4 is 5.32 Å². The van der Waals surface area contributed by atoms with Crippen molar-refractivity contribution in [1.29, 1.82) is 0 Å². The molecule has 0 aromatic rings. The van der Waals surface area contributed by atoms with Crippen LogP contribution in [0.1, 0.15) is 46.5 Å². The summed E-state index contributed by atoms with van der Waals surface area (Å²) in [7, 11) is 0. The summed E-state index contributed by atoms with van der Waals surface area (Å²) < 4.78 is 0. The minimum absolute atomic E-state index is 0.767. The maximum absolute atomic E-state index is 3.55. The highest BCUT2D eigenvalue weighted by Crippen LogP contribution is 2.29. The van der Waals surface area contributed by atoms with Gasteiger partial charge in [0.15, 0.2) is 0 Å². The molecular formula is C15H30N2. The van der Waals surface area contributed by atoms with Gasteiger partial charge in [-0.1, -0.05) is 33.6 Å². The summed E-state index contributed by atoms with van der Waals surface area (Å²) in [5, 5.41) is 3.55. The SMILES string of the molecule is CC1CCC(CN2CCNC[C@@H]2C(C)C)CC1. The standard InChI is InChI=1S/C15H30N2/c1-12(2)15-10-16-8-9-17(15)11-14-6-4-13(3)5-7-14/h12-16H,4-11H2,1-3H3/t13?,14?,15-/m1/s1. The molecule has 0 radical (unpaired) electrons. The highest BCUT2D eigenvalue weighted by Gasteiger charge is 2.28. The van der Waals surface area contributed by atoms with Crippen LogP contribution in [0.2, 0.25) is 0 Å². The van der Waals surface area contributed by atoms with Gasteiger partial charge < -0.3 is 5.32 Å². The van der Waals surface area contributed by atoms with Gasteiger partial charge in [-0.3, -0.25) is 4.90 Å². The summed E-state index contributed by atoms with van der Waals surface area (Å²) in [6.45, 7) is 12.2. The van der Waals surface area contributed by atoms with Crippen molar-refractivity contribution in [1.82, 2.24) is 10.2 Å². The van der Waals surface area contributed by atoms with Crippen molar-refractivity contribution in [2.24, 2.45) is 17.8 Å². The first-order valence-corrected chi connectivity index (χ1v) is 7.61. The topological polar surface area (TPSA) is 15.3 Å². The summed E-state index contributed by atoms with van der Waals surface area (Å²) in [5.41, 5.74) is 0. The summed E-state index contributed by atoms with van der Waals surface area (Å²) in [6.07, 6.45) is 5.86. The Balaban J connectivity index is 1.83. The lowest BCUT2D eigenvalue weighted by molar-refractivity contribution is 0.0909. The molecule has 0 amide bonds. The van der Waals surface area contributed by atoms with Crippen molar-refractivity contribution < 1.29 is 0 Å². The van der Waals surface area contributed by atoms with Gasteiger partial charge in [0.05, 0.1) is 0 Å². The number of nitrogens with zero attached hydrogens (tertiary/aromatic N) is 1. The van der Waals surface area contributed by atoms with Gasteiger partial charge in [-0.25, -0.2) is 0 Å². The third-order valence-corrected chi connectivity index (χ3v) is 4.80. The number of hydrogen-bond acceptors (Lipinski definition) is 2. The monoisotopic (exact) mass is 238 g/mol. The highest BCUT2D eigenvalue weighted by atomic mass is 15.2. The predicted molar refractivity (Wildman–Crippen MR) is 74.2 cm³/mol. The fourth-order valence-electron chi connectivity index (χ4n) is 3.49. The Labute approximate surface area is 107 Å². The zero-order chi connectivity index (χ0) is 12.3. The molecule has 0 spiro atoms. The number of hydrogen-bond donors (Lipinski definition) is 1. The zero-order valence-corrected chi connectivity index (χ0v) is 11.9. The van der Waals surface area contributed by atoms with Gasteiger partial charge in [-0.15, -0.1) is 0 Å². The second kappa shape index (κ2) is 6.19. The van der Waals surface area contributed by atoms with E-state index in [-0.39, 0.29) is 0 Å². The first-order chi connectivity index (χ1) is 8.16. The Morgan fingerprint density at radius 1 is 1.18 bits per heavy atom. The van der Waals surface area contributed by atoms with Crippen molar-refractivity contribution in [3.63, 3.8) is 0 Å². The van der Waals surface area contributed by atoms with Crippen LogP contribution in [0.5, 0.6) is 0 Å². The molecule has 1 aliphatic carbocycles. The van der Waals surface area contributed by atoms with Crippen LogP contribution >= 0.6 is 0 Å². The van der Waals surface area contributed by atoms with Crippen LogP contribution in [0.3, 0.4) is 0 Å². The second-order valence-corrected chi connectivity index (χ2v) is 6.64. The van der Waals surface area contributed by atoms with Gasteiger partial charge in [0.25, 0.3) is 0 Å². The van der Waals surface area contributed by atoms with Crippen LogP contribution in [0.15, 0.2) is 0 Å². The Bertz CT molecular complexity index is 219. The third-order valence-electron chi connectivity index (χ3n) is 4.80. The number of nitrogens with one attached hydrogen (secondary N) is 1. The van der Waals surface area contributed by atoms with Crippen LogP contribution in [0, 0.1) is 17.8 Å². The second-order valence-electron chi connectivity index (χ2n) is 6.64. The van der Waals surface area contributed by atoms with Crippen LogP contribution in [0.4, 0.5) is 0 Å². The quantitative estimate of drug-likeness (QED) is 0.813. The summed E-state index contributed by atoms with van der Waals surface area (Å²) in [6, 6.07) is 0.767. The molecule has 2 heteroatoms. The largest absolute Gasteiger partial charge is 0.314 e.